The van der Waals surface area contributed by atoms with E-state index in [0.29, 0.717) is 12.5 Å². The second-order valence-corrected chi connectivity index (χ2v) is 10.6. The minimum atomic E-state index is -0.130. The Balaban J connectivity index is 1.34. The highest BCUT2D eigenvalue weighted by Gasteiger charge is 2.56. The summed E-state index contributed by atoms with van der Waals surface area (Å²) in [6.45, 7) is 6.10. The number of benzene rings is 1. The third-order valence-corrected chi connectivity index (χ3v) is 8.35. The van der Waals surface area contributed by atoms with Gasteiger partial charge in [-0.05, 0) is 99.2 Å². The molecule has 5 aliphatic rings. The second kappa shape index (κ2) is 8.23. The van der Waals surface area contributed by atoms with Crippen LogP contribution < -0.4 is 4.74 Å². The van der Waals surface area contributed by atoms with Crippen molar-refractivity contribution in [3.8, 4) is 5.75 Å². The molecule has 1 aromatic carbocycles. The van der Waals surface area contributed by atoms with Crippen LogP contribution in [0.2, 0.25) is 0 Å². The monoisotopic (exact) mass is 398 g/mol. The Labute approximate surface area is 176 Å². The van der Waals surface area contributed by atoms with Crippen molar-refractivity contribution in [2.24, 2.45) is 23.2 Å². The molecule has 1 heterocycles. The third-order valence-electron chi connectivity index (χ3n) is 8.35. The smallest absolute Gasteiger partial charge is 0.205 e. The SMILES string of the molecule is CCC(C)c1ccc(OC(OCC2CCCO2)C23CC4CC(CC(C4)C2)C3)cc1. The van der Waals surface area contributed by atoms with Gasteiger partial charge in [0.15, 0.2) is 0 Å². The van der Waals surface area contributed by atoms with Crippen molar-refractivity contribution in [2.75, 3.05) is 13.2 Å². The van der Waals surface area contributed by atoms with Crippen molar-refractivity contribution in [1.82, 2.24) is 0 Å². The zero-order chi connectivity index (χ0) is 19.8. The summed E-state index contributed by atoms with van der Waals surface area (Å²) in [5.74, 6) is 4.24. The van der Waals surface area contributed by atoms with Crippen molar-refractivity contribution in [3.63, 3.8) is 0 Å². The highest BCUT2D eigenvalue weighted by Crippen LogP contribution is 2.61. The van der Waals surface area contributed by atoms with E-state index in [1.165, 1.54) is 50.5 Å². The largest absolute Gasteiger partial charge is 0.464 e. The maximum absolute atomic E-state index is 6.65. The average Bonchev–Trinajstić information content (AvgIpc) is 3.23. The van der Waals surface area contributed by atoms with Gasteiger partial charge in [-0.2, -0.15) is 0 Å². The van der Waals surface area contributed by atoms with Crippen molar-refractivity contribution in [3.05, 3.63) is 29.8 Å². The van der Waals surface area contributed by atoms with E-state index in [2.05, 4.69) is 38.1 Å². The van der Waals surface area contributed by atoms with Crippen molar-refractivity contribution >= 4 is 0 Å². The first-order valence-corrected chi connectivity index (χ1v) is 12.1. The molecule has 3 atom stereocenters. The average molecular weight is 399 g/mol. The van der Waals surface area contributed by atoms with Crippen LogP contribution in [-0.4, -0.2) is 25.6 Å². The molecule has 6 rings (SSSR count). The molecule has 1 aliphatic heterocycles. The molecule has 29 heavy (non-hydrogen) atoms. The fraction of sp³-hybridized carbons (Fsp3) is 0.769. The van der Waals surface area contributed by atoms with E-state index < -0.39 is 0 Å². The lowest BCUT2D eigenvalue weighted by atomic mass is 9.49. The van der Waals surface area contributed by atoms with E-state index in [1.807, 2.05) is 0 Å². The van der Waals surface area contributed by atoms with Crippen LogP contribution in [-0.2, 0) is 9.47 Å². The normalized spacial score (nSPS) is 37.6. The molecule has 0 N–H and O–H groups in total. The molecule has 0 spiro atoms. The van der Waals surface area contributed by atoms with E-state index >= 15 is 0 Å². The second-order valence-electron chi connectivity index (χ2n) is 10.6. The Morgan fingerprint density at radius 1 is 1.03 bits per heavy atom. The maximum atomic E-state index is 6.65. The first-order valence-electron chi connectivity index (χ1n) is 12.1. The van der Waals surface area contributed by atoms with Gasteiger partial charge in [-0.3, -0.25) is 0 Å². The van der Waals surface area contributed by atoms with Gasteiger partial charge in [-0.1, -0.05) is 26.0 Å². The van der Waals surface area contributed by atoms with Crippen LogP contribution in [0.1, 0.15) is 83.1 Å². The third kappa shape index (κ3) is 4.10. The summed E-state index contributed by atoms with van der Waals surface area (Å²) >= 11 is 0. The molecule has 3 nitrogen and oxygen atoms in total. The quantitative estimate of drug-likeness (QED) is 0.480. The summed E-state index contributed by atoms with van der Waals surface area (Å²) in [6, 6.07) is 8.79. The fourth-order valence-electron chi connectivity index (χ4n) is 7.01. The molecule has 160 valence electrons. The van der Waals surface area contributed by atoms with Gasteiger partial charge in [0.05, 0.1) is 12.7 Å². The molecule has 3 heteroatoms. The molecule has 1 saturated heterocycles. The Hall–Kier alpha value is -1.06. The summed E-state index contributed by atoms with van der Waals surface area (Å²) in [4.78, 5) is 0. The Morgan fingerprint density at radius 2 is 1.69 bits per heavy atom. The number of rotatable bonds is 8. The molecular formula is C26H38O3. The van der Waals surface area contributed by atoms with Crippen LogP contribution in [0.3, 0.4) is 0 Å². The van der Waals surface area contributed by atoms with Gasteiger partial charge in [0.2, 0.25) is 6.29 Å². The van der Waals surface area contributed by atoms with Gasteiger partial charge in [-0.25, -0.2) is 0 Å². The van der Waals surface area contributed by atoms with Gasteiger partial charge in [0.1, 0.15) is 5.75 Å². The number of hydrogen-bond donors (Lipinski definition) is 0. The molecule has 4 aliphatic carbocycles. The van der Waals surface area contributed by atoms with Crippen molar-refractivity contribution in [1.29, 1.82) is 0 Å². The standard InChI is InChI=1S/C26H38O3/c1-3-18(2)22-6-8-23(9-7-22)29-25(28-17-24-5-4-10-27-24)26-14-19-11-20(15-26)13-21(12-19)16-26/h6-9,18-21,24-25H,3-5,10-17H2,1-2H3. The van der Waals surface area contributed by atoms with Crippen molar-refractivity contribution < 1.29 is 14.2 Å². The lowest BCUT2D eigenvalue weighted by molar-refractivity contribution is -0.223. The molecule has 3 unspecified atom stereocenters. The molecule has 0 radical (unpaired) electrons. The van der Waals surface area contributed by atoms with Crippen LogP contribution in [0.4, 0.5) is 0 Å². The summed E-state index contributed by atoms with van der Waals surface area (Å²) in [5.41, 5.74) is 1.61. The molecule has 0 aromatic heterocycles. The van der Waals surface area contributed by atoms with Gasteiger partial charge in [0.25, 0.3) is 0 Å². The summed E-state index contributed by atoms with van der Waals surface area (Å²) in [7, 11) is 0. The molecule has 1 aromatic rings. The van der Waals surface area contributed by atoms with Gasteiger partial charge in [-0.15, -0.1) is 0 Å². The predicted molar refractivity (Wildman–Crippen MR) is 115 cm³/mol. The fourth-order valence-corrected chi connectivity index (χ4v) is 7.01. The zero-order valence-electron chi connectivity index (χ0n) is 18.3. The minimum Gasteiger partial charge on any atom is -0.464 e. The van der Waals surface area contributed by atoms with Gasteiger partial charge in [0, 0.05) is 12.0 Å². The Kier molecular flexibility index (Phi) is 5.64. The maximum Gasteiger partial charge on any atom is 0.205 e. The summed E-state index contributed by atoms with van der Waals surface area (Å²) in [6.07, 6.45) is 11.8. The van der Waals surface area contributed by atoms with E-state index in [4.69, 9.17) is 14.2 Å². The molecular weight excluding hydrogens is 360 g/mol. The van der Waals surface area contributed by atoms with E-state index in [9.17, 15) is 0 Å². The number of hydrogen-bond acceptors (Lipinski definition) is 3. The van der Waals surface area contributed by atoms with Crippen LogP contribution in [0, 0.1) is 23.2 Å². The Bertz CT molecular complexity index is 640. The molecule has 0 amide bonds. The van der Waals surface area contributed by atoms with E-state index in [-0.39, 0.29) is 17.8 Å². The van der Waals surface area contributed by atoms with Crippen LogP contribution >= 0.6 is 0 Å². The minimum absolute atomic E-state index is 0.130. The predicted octanol–water partition coefficient (Wildman–Crippen LogP) is 6.32. The van der Waals surface area contributed by atoms with Crippen LogP contribution in [0.15, 0.2) is 24.3 Å². The molecule has 4 bridgehead atoms. The number of ether oxygens (including phenoxy) is 3. The summed E-state index contributed by atoms with van der Waals surface area (Å²) in [5, 5.41) is 0. The van der Waals surface area contributed by atoms with E-state index in [0.717, 1.165) is 43.0 Å². The summed E-state index contributed by atoms with van der Waals surface area (Å²) < 4.78 is 19.1. The highest BCUT2D eigenvalue weighted by atomic mass is 16.7. The molecule has 5 fully saturated rings. The first kappa shape index (κ1) is 19.9. The lowest BCUT2D eigenvalue weighted by Gasteiger charge is -2.58. The van der Waals surface area contributed by atoms with Gasteiger partial charge >= 0.3 is 0 Å². The van der Waals surface area contributed by atoms with Crippen LogP contribution in [0.25, 0.3) is 0 Å². The lowest BCUT2D eigenvalue weighted by Crippen LogP contribution is -2.54. The van der Waals surface area contributed by atoms with Gasteiger partial charge < -0.3 is 14.2 Å². The van der Waals surface area contributed by atoms with E-state index in [1.54, 1.807) is 0 Å². The zero-order valence-corrected chi connectivity index (χ0v) is 18.3. The topological polar surface area (TPSA) is 27.7 Å². The highest BCUT2D eigenvalue weighted by molar-refractivity contribution is 5.29. The Morgan fingerprint density at radius 3 is 2.24 bits per heavy atom. The molecule has 4 saturated carbocycles. The van der Waals surface area contributed by atoms with Crippen molar-refractivity contribution in [2.45, 2.75) is 89.9 Å². The first-order chi connectivity index (χ1) is 14.1. The van der Waals surface area contributed by atoms with Crippen LogP contribution in [0.5, 0.6) is 5.75 Å².